The highest BCUT2D eigenvalue weighted by Gasteiger charge is 2.28. The molecule has 1 fully saturated rings. The third-order valence-corrected chi connectivity index (χ3v) is 5.51. The number of ether oxygens (including phenoxy) is 1. The van der Waals surface area contributed by atoms with E-state index in [-0.39, 0.29) is 47.3 Å². The summed E-state index contributed by atoms with van der Waals surface area (Å²) in [6, 6.07) is 5.89. The summed E-state index contributed by atoms with van der Waals surface area (Å²) in [6.45, 7) is 1.27. The third-order valence-electron chi connectivity index (χ3n) is 3.74. The fourth-order valence-electron chi connectivity index (χ4n) is 2.45. The van der Waals surface area contributed by atoms with Crippen molar-refractivity contribution >= 4 is 39.8 Å². The highest BCUT2D eigenvalue weighted by molar-refractivity contribution is 14.0. The van der Waals surface area contributed by atoms with E-state index in [4.69, 9.17) is 4.74 Å². The summed E-state index contributed by atoms with van der Waals surface area (Å²) < 4.78 is 41.2. The van der Waals surface area contributed by atoms with E-state index in [1.807, 2.05) is 0 Å². The van der Waals surface area contributed by atoms with Gasteiger partial charge < -0.3 is 15.4 Å². The predicted octanol–water partition coefficient (Wildman–Crippen LogP) is 1.95. The van der Waals surface area contributed by atoms with E-state index in [1.54, 1.807) is 19.2 Å². The smallest absolute Gasteiger partial charge is 0.191 e. The molecule has 1 aromatic rings. The molecule has 0 spiro atoms. The Bertz CT molecular complexity index is 653. The molecule has 0 saturated carbocycles. The van der Waals surface area contributed by atoms with Crippen LogP contribution in [0.4, 0.5) is 4.39 Å². The largest absolute Gasteiger partial charge is 0.494 e. The number of guanidine groups is 1. The number of aliphatic imine (C=N–C) groups is 1. The van der Waals surface area contributed by atoms with Crippen LogP contribution in [0, 0.1) is 5.82 Å². The Kier molecular flexibility index (Phi) is 9.47. The van der Waals surface area contributed by atoms with E-state index in [1.165, 1.54) is 12.1 Å². The van der Waals surface area contributed by atoms with Gasteiger partial charge in [-0.25, -0.2) is 12.8 Å². The Labute approximate surface area is 165 Å². The molecular weight excluding hydrogens is 460 g/mol. The standard InChI is InChI=1S/C16H24FN3O3S.HI/c1-18-16(20-14-8-11-24(21,22)12-14)19-9-2-3-10-23-15-6-4-13(17)5-7-15;/h4-7,14H,2-3,8-12H2,1H3,(H2,18,19,20);1H. The maximum atomic E-state index is 12.8. The lowest BCUT2D eigenvalue weighted by atomic mass is 10.3. The van der Waals surface area contributed by atoms with Gasteiger partial charge in [-0.15, -0.1) is 24.0 Å². The Morgan fingerprint density at radius 1 is 1.32 bits per heavy atom. The number of nitrogens with one attached hydrogen (secondary N) is 2. The molecule has 1 unspecified atom stereocenters. The summed E-state index contributed by atoms with van der Waals surface area (Å²) in [5.41, 5.74) is 0. The zero-order valence-corrected chi connectivity index (χ0v) is 17.3. The van der Waals surface area contributed by atoms with E-state index in [9.17, 15) is 12.8 Å². The molecular formula is C16H25FIN3O3S. The second kappa shape index (κ2) is 10.8. The first-order valence-corrected chi connectivity index (χ1v) is 9.86. The van der Waals surface area contributed by atoms with Crippen LogP contribution < -0.4 is 15.4 Å². The second-order valence-corrected chi connectivity index (χ2v) is 7.98. The molecule has 0 aromatic heterocycles. The monoisotopic (exact) mass is 485 g/mol. The zero-order valence-electron chi connectivity index (χ0n) is 14.2. The number of unbranched alkanes of at least 4 members (excludes halogenated alkanes) is 1. The van der Waals surface area contributed by atoms with Crippen molar-refractivity contribution in [2.45, 2.75) is 25.3 Å². The van der Waals surface area contributed by atoms with Crippen molar-refractivity contribution in [2.75, 3.05) is 31.7 Å². The van der Waals surface area contributed by atoms with Crippen LogP contribution >= 0.6 is 24.0 Å². The van der Waals surface area contributed by atoms with E-state index >= 15 is 0 Å². The molecule has 1 aliphatic rings. The lowest BCUT2D eigenvalue weighted by Crippen LogP contribution is -2.44. The second-order valence-electron chi connectivity index (χ2n) is 5.75. The molecule has 6 nitrogen and oxygen atoms in total. The van der Waals surface area contributed by atoms with Gasteiger partial charge >= 0.3 is 0 Å². The first kappa shape index (κ1) is 21.9. The number of halogens is 2. The molecule has 1 saturated heterocycles. The van der Waals surface area contributed by atoms with E-state index in [0.29, 0.717) is 31.3 Å². The maximum absolute atomic E-state index is 12.8. The van der Waals surface area contributed by atoms with Crippen LogP contribution in [0.2, 0.25) is 0 Å². The summed E-state index contributed by atoms with van der Waals surface area (Å²) in [7, 11) is -1.23. The predicted molar refractivity (Wildman–Crippen MR) is 108 cm³/mol. The minimum Gasteiger partial charge on any atom is -0.494 e. The van der Waals surface area contributed by atoms with Gasteiger partial charge in [-0.1, -0.05) is 0 Å². The van der Waals surface area contributed by atoms with Crippen molar-refractivity contribution in [3.05, 3.63) is 30.1 Å². The van der Waals surface area contributed by atoms with Crippen molar-refractivity contribution in [2.24, 2.45) is 4.99 Å². The van der Waals surface area contributed by atoms with Crippen molar-refractivity contribution in [1.82, 2.24) is 10.6 Å². The number of nitrogens with zero attached hydrogens (tertiary/aromatic N) is 1. The van der Waals surface area contributed by atoms with Crippen molar-refractivity contribution in [1.29, 1.82) is 0 Å². The fraction of sp³-hybridized carbons (Fsp3) is 0.562. The Morgan fingerprint density at radius 3 is 2.64 bits per heavy atom. The number of rotatable bonds is 7. The van der Waals surface area contributed by atoms with Crippen LogP contribution in [0.5, 0.6) is 5.75 Å². The van der Waals surface area contributed by atoms with Crippen LogP contribution in [0.15, 0.2) is 29.3 Å². The van der Waals surface area contributed by atoms with Crippen LogP contribution in [0.25, 0.3) is 0 Å². The zero-order chi connectivity index (χ0) is 17.4. The number of hydrogen-bond donors (Lipinski definition) is 2. The molecule has 1 atom stereocenters. The van der Waals surface area contributed by atoms with Gasteiger partial charge in [0.05, 0.1) is 18.1 Å². The van der Waals surface area contributed by atoms with Gasteiger partial charge in [0.2, 0.25) is 0 Å². The molecule has 25 heavy (non-hydrogen) atoms. The van der Waals surface area contributed by atoms with Gasteiger partial charge in [0.1, 0.15) is 11.6 Å². The highest BCUT2D eigenvalue weighted by Crippen LogP contribution is 2.12. The molecule has 1 heterocycles. The molecule has 2 rings (SSSR count). The van der Waals surface area contributed by atoms with Crippen LogP contribution in [-0.2, 0) is 9.84 Å². The lowest BCUT2D eigenvalue weighted by molar-refractivity contribution is 0.306. The fourth-order valence-corrected chi connectivity index (χ4v) is 4.12. The molecule has 1 aromatic carbocycles. The van der Waals surface area contributed by atoms with Gasteiger partial charge in [-0.05, 0) is 43.5 Å². The molecule has 0 bridgehead atoms. The number of sulfone groups is 1. The normalized spacial score (nSPS) is 19.1. The summed E-state index contributed by atoms with van der Waals surface area (Å²) in [5.74, 6) is 1.41. The first-order chi connectivity index (χ1) is 11.5. The first-order valence-electron chi connectivity index (χ1n) is 8.04. The number of hydrogen-bond acceptors (Lipinski definition) is 4. The maximum Gasteiger partial charge on any atom is 0.191 e. The van der Waals surface area contributed by atoms with Gasteiger partial charge in [0.25, 0.3) is 0 Å². The van der Waals surface area contributed by atoms with E-state index in [2.05, 4.69) is 15.6 Å². The van der Waals surface area contributed by atoms with Gasteiger partial charge in [0, 0.05) is 19.6 Å². The molecule has 0 radical (unpaired) electrons. The van der Waals surface area contributed by atoms with Crippen LogP contribution in [0.3, 0.4) is 0 Å². The quantitative estimate of drug-likeness (QED) is 0.267. The summed E-state index contributed by atoms with van der Waals surface area (Å²) in [4.78, 5) is 4.11. The Balaban J connectivity index is 0.00000312. The molecule has 142 valence electrons. The van der Waals surface area contributed by atoms with E-state index in [0.717, 1.165) is 12.8 Å². The average Bonchev–Trinajstić information content (AvgIpc) is 2.90. The SMILES string of the molecule is CN=C(NCCCCOc1ccc(F)cc1)NC1CCS(=O)(=O)C1.I. The molecule has 0 amide bonds. The summed E-state index contributed by atoms with van der Waals surface area (Å²) in [5, 5.41) is 6.30. The molecule has 1 aliphatic heterocycles. The van der Waals surface area contributed by atoms with Crippen molar-refractivity contribution < 1.29 is 17.5 Å². The van der Waals surface area contributed by atoms with Crippen LogP contribution in [0.1, 0.15) is 19.3 Å². The van der Waals surface area contributed by atoms with Crippen molar-refractivity contribution in [3.8, 4) is 5.75 Å². The third kappa shape index (κ3) is 8.21. The van der Waals surface area contributed by atoms with E-state index < -0.39 is 9.84 Å². The van der Waals surface area contributed by atoms with Gasteiger partial charge in [-0.2, -0.15) is 0 Å². The highest BCUT2D eigenvalue weighted by atomic mass is 127. The number of benzene rings is 1. The van der Waals surface area contributed by atoms with Gasteiger partial charge in [0.15, 0.2) is 15.8 Å². The average molecular weight is 485 g/mol. The van der Waals surface area contributed by atoms with Crippen molar-refractivity contribution in [3.63, 3.8) is 0 Å². The molecule has 0 aliphatic carbocycles. The lowest BCUT2D eigenvalue weighted by Gasteiger charge is -2.16. The van der Waals surface area contributed by atoms with Crippen LogP contribution in [-0.4, -0.2) is 52.1 Å². The topological polar surface area (TPSA) is 79.8 Å². The van der Waals surface area contributed by atoms with Gasteiger partial charge in [-0.3, -0.25) is 4.99 Å². The minimum absolute atomic E-state index is 0. The Hall–Kier alpha value is -1.10. The summed E-state index contributed by atoms with van der Waals surface area (Å²) in [6.07, 6.45) is 2.35. The minimum atomic E-state index is -2.90. The molecule has 2 N–H and O–H groups in total. The summed E-state index contributed by atoms with van der Waals surface area (Å²) >= 11 is 0. The Morgan fingerprint density at radius 2 is 2.04 bits per heavy atom. The molecule has 9 heteroatoms.